The molecule has 29 heavy (non-hydrogen) atoms. The van der Waals surface area contributed by atoms with Crippen molar-refractivity contribution in [2.45, 2.75) is 19.0 Å². The number of ether oxygens (including phenoxy) is 1. The minimum absolute atomic E-state index is 0.123. The summed E-state index contributed by atoms with van der Waals surface area (Å²) in [5.41, 5.74) is 1.71. The van der Waals surface area contributed by atoms with Crippen LogP contribution in [0.5, 0.6) is 11.5 Å². The number of hydrogen-bond acceptors (Lipinski definition) is 6. The SMILES string of the molecule is COc1ccc(CN2C(=O)CC(N3CCN(c4ccccc4O)CC3)C2=O)cc1. The molecule has 7 nitrogen and oxygen atoms in total. The number of amides is 2. The van der Waals surface area contributed by atoms with E-state index in [1.54, 1.807) is 19.2 Å². The van der Waals surface area contributed by atoms with Crippen LogP contribution in [0.25, 0.3) is 0 Å². The van der Waals surface area contributed by atoms with E-state index >= 15 is 0 Å². The van der Waals surface area contributed by atoms with E-state index in [2.05, 4.69) is 9.80 Å². The van der Waals surface area contributed by atoms with Crippen molar-refractivity contribution in [1.29, 1.82) is 0 Å². The molecule has 7 heteroatoms. The average Bonchev–Trinajstić information content (AvgIpc) is 3.03. The number of benzene rings is 2. The number of aromatic hydroxyl groups is 1. The molecule has 2 fully saturated rings. The van der Waals surface area contributed by atoms with Crippen molar-refractivity contribution in [3.05, 3.63) is 54.1 Å². The maximum absolute atomic E-state index is 12.9. The van der Waals surface area contributed by atoms with E-state index in [0.29, 0.717) is 26.2 Å². The number of phenolic OH excluding ortho intramolecular Hbond substituents is 1. The van der Waals surface area contributed by atoms with Crippen molar-refractivity contribution < 1.29 is 19.4 Å². The topological polar surface area (TPSA) is 73.3 Å². The van der Waals surface area contributed by atoms with Gasteiger partial charge in [-0.1, -0.05) is 24.3 Å². The first kappa shape index (κ1) is 19.3. The van der Waals surface area contributed by atoms with Gasteiger partial charge in [0.05, 0.1) is 31.8 Å². The third-order valence-electron chi connectivity index (χ3n) is 5.70. The molecular weight excluding hydrogens is 370 g/mol. The van der Waals surface area contributed by atoms with E-state index < -0.39 is 6.04 Å². The number of hydrogen-bond donors (Lipinski definition) is 1. The van der Waals surface area contributed by atoms with E-state index in [0.717, 1.165) is 17.0 Å². The highest BCUT2D eigenvalue weighted by molar-refractivity contribution is 6.05. The van der Waals surface area contributed by atoms with Crippen molar-refractivity contribution in [3.8, 4) is 11.5 Å². The molecule has 1 atom stereocenters. The zero-order chi connectivity index (χ0) is 20.4. The molecule has 0 aliphatic carbocycles. The van der Waals surface area contributed by atoms with Crippen molar-refractivity contribution in [2.24, 2.45) is 0 Å². The molecule has 0 radical (unpaired) electrons. The van der Waals surface area contributed by atoms with Gasteiger partial charge < -0.3 is 14.7 Å². The molecule has 0 aromatic heterocycles. The second kappa shape index (κ2) is 8.13. The fourth-order valence-electron chi connectivity index (χ4n) is 4.04. The van der Waals surface area contributed by atoms with E-state index in [1.165, 1.54) is 4.90 Å². The number of anilines is 1. The van der Waals surface area contributed by atoms with Crippen LogP contribution in [0.3, 0.4) is 0 Å². The van der Waals surface area contributed by atoms with Crippen LogP contribution in [0.2, 0.25) is 0 Å². The van der Waals surface area contributed by atoms with Crippen molar-refractivity contribution >= 4 is 17.5 Å². The third-order valence-corrected chi connectivity index (χ3v) is 5.70. The van der Waals surface area contributed by atoms with Gasteiger partial charge in [0.1, 0.15) is 11.5 Å². The standard InChI is InChI=1S/C22H25N3O4/c1-29-17-8-6-16(7-9-17)15-25-21(27)14-19(22(25)28)24-12-10-23(11-13-24)18-4-2-3-5-20(18)26/h2-9,19,26H,10-15H2,1H3. The number of phenols is 1. The first-order valence-corrected chi connectivity index (χ1v) is 9.81. The van der Waals surface area contributed by atoms with E-state index in [-0.39, 0.29) is 30.5 Å². The molecule has 2 amide bonds. The number of nitrogens with zero attached hydrogens (tertiary/aromatic N) is 3. The largest absolute Gasteiger partial charge is 0.506 e. The van der Waals surface area contributed by atoms with Gasteiger partial charge in [0.25, 0.3) is 0 Å². The average molecular weight is 395 g/mol. The fraction of sp³-hybridized carbons (Fsp3) is 0.364. The molecule has 0 spiro atoms. The molecule has 4 rings (SSSR count). The maximum Gasteiger partial charge on any atom is 0.247 e. The van der Waals surface area contributed by atoms with Gasteiger partial charge in [0, 0.05) is 26.2 Å². The summed E-state index contributed by atoms with van der Waals surface area (Å²) in [6.45, 7) is 3.04. The Morgan fingerprint density at radius 1 is 1.00 bits per heavy atom. The van der Waals surface area contributed by atoms with Crippen molar-refractivity contribution in [3.63, 3.8) is 0 Å². The highest BCUT2D eigenvalue weighted by Crippen LogP contribution is 2.29. The molecule has 2 aliphatic heterocycles. The van der Waals surface area contributed by atoms with Gasteiger partial charge in [0.15, 0.2) is 0 Å². The van der Waals surface area contributed by atoms with Gasteiger partial charge in [-0.15, -0.1) is 0 Å². The van der Waals surface area contributed by atoms with Crippen LogP contribution < -0.4 is 9.64 Å². The Balaban J connectivity index is 1.38. The van der Waals surface area contributed by atoms with E-state index in [1.807, 2.05) is 36.4 Å². The van der Waals surface area contributed by atoms with Gasteiger partial charge in [-0.2, -0.15) is 0 Å². The minimum atomic E-state index is -0.396. The number of piperazine rings is 1. The number of methoxy groups -OCH3 is 1. The second-order valence-electron chi connectivity index (χ2n) is 7.40. The zero-order valence-electron chi connectivity index (χ0n) is 16.5. The Hall–Kier alpha value is -3.06. The van der Waals surface area contributed by atoms with Crippen LogP contribution in [0.15, 0.2) is 48.5 Å². The zero-order valence-corrected chi connectivity index (χ0v) is 16.5. The first-order chi connectivity index (χ1) is 14.1. The Labute approximate surface area is 170 Å². The smallest absolute Gasteiger partial charge is 0.247 e. The molecule has 0 saturated carbocycles. The summed E-state index contributed by atoms with van der Waals surface area (Å²) < 4.78 is 5.15. The molecular formula is C22H25N3O4. The van der Waals surface area contributed by atoms with Crippen LogP contribution in [0.1, 0.15) is 12.0 Å². The minimum Gasteiger partial charge on any atom is -0.506 e. The predicted octanol–water partition coefficient (Wildman–Crippen LogP) is 1.85. The van der Waals surface area contributed by atoms with Gasteiger partial charge >= 0.3 is 0 Å². The van der Waals surface area contributed by atoms with E-state index in [9.17, 15) is 14.7 Å². The number of imide groups is 1. The lowest BCUT2D eigenvalue weighted by molar-refractivity contribution is -0.140. The van der Waals surface area contributed by atoms with Crippen molar-refractivity contribution in [2.75, 3.05) is 38.2 Å². The summed E-state index contributed by atoms with van der Waals surface area (Å²) >= 11 is 0. The summed E-state index contributed by atoms with van der Waals surface area (Å²) in [6, 6.07) is 14.3. The molecule has 152 valence electrons. The van der Waals surface area contributed by atoms with Gasteiger partial charge in [-0.3, -0.25) is 19.4 Å². The number of para-hydroxylation sites is 2. The molecule has 2 aliphatic rings. The van der Waals surface area contributed by atoms with Crippen LogP contribution in [-0.2, 0) is 16.1 Å². The lowest BCUT2D eigenvalue weighted by atomic mass is 10.1. The quantitative estimate of drug-likeness (QED) is 0.779. The monoisotopic (exact) mass is 395 g/mol. The number of carbonyl (C=O) groups is 2. The second-order valence-corrected chi connectivity index (χ2v) is 7.40. The highest BCUT2D eigenvalue weighted by atomic mass is 16.5. The third kappa shape index (κ3) is 3.91. The highest BCUT2D eigenvalue weighted by Gasteiger charge is 2.42. The van der Waals surface area contributed by atoms with E-state index in [4.69, 9.17) is 4.74 Å². The summed E-state index contributed by atoms with van der Waals surface area (Å²) in [5.74, 6) is 0.757. The number of rotatable bonds is 5. The van der Waals surface area contributed by atoms with Crippen LogP contribution in [-0.4, -0.2) is 66.1 Å². The summed E-state index contributed by atoms with van der Waals surface area (Å²) in [5, 5.41) is 10.1. The molecule has 0 bridgehead atoms. The lowest BCUT2D eigenvalue weighted by Gasteiger charge is -2.38. The molecule has 2 aromatic carbocycles. The number of likely N-dealkylation sites (tertiary alicyclic amines) is 1. The van der Waals surface area contributed by atoms with Crippen LogP contribution in [0, 0.1) is 0 Å². The van der Waals surface area contributed by atoms with Crippen molar-refractivity contribution in [1.82, 2.24) is 9.80 Å². The van der Waals surface area contributed by atoms with Crippen LogP contribution in [0.4, 0.5) is 5.69 Å². The van der Waals surface area contributed by atoms with Gasteiger partial charge in [-0.25, -0.2) is 0 Å². The molecule has 1 unspecified atom stereocenters. The predicted molar refractivity (Wildman–Crippen MR) is 109 cm³/mol. The lowest BCUT2D eigenvalue weighted by Crippen LogP contribution is -2.52. The maximum atomic E-state index is 12.9. The molecule has 2 saturated heterocycles. The fourth-order valence-corrected chi connectivity index (χ4v) is 4.04. The summed E-state index contributed by atoms with van der Waals surface area (Å²) in [7, 11) is 1.60. The normalized spacial score (nSPS) is 20.4. The molecule has 2 aromatic rings. The van der Waals surface area contributed by atoms with Gasteiger partial charge in [-0.05, 0) is 29.8 Å². The Morgan fingerprint density at radius 2 is 1.69 bits per heavy atom. The Morgan fingerprint density at radius 3 is 2.34 bits per heavy atom. The first-order valence-electron chi connectivity index (χ1n) is 9.81. The Bertz CT molecular complexity index is 891. The molecule has 2 heterocycles. The molecule has 1 N–H and O–H groups in total. The summed E-state index contributed by atoms with van der Waals surface area (Å²) in [6.07, 6.45) is 0.228. The number of carbonyl (C=O) groups excluding carboxylic acids is 2. The summed E-state index contributed by atoms with van der Waals surface area (Å²) in [4.78, 5) is 31.0. The Kier molecular flexibility index (Phi) is 5.40. The van der Waals surface area contributed by atoms with Gasteiger partial charge in [0.2, 0.25) is 11.8 Å². The van der Waals surface area contributed by atoms with Crippen LogP contribution >= 0.6 is 0 Å².